The lowest BCUT2D eigenvalue weighted by Gasteiger charge is -2.12. The average Bonchev–Trinajstić information content (AvgIpc) is 2.92. The highest BCUT2D eigenvalue weighted by atomic mass is 16.3. The van der Waals surface area contributed by atoms with Crippen LogP contribution in [0.2, 0.25) is 0 Å². The molecule has 1 aromatic carbocycles. The third kappa shape index (κ3) is 3.30. The number of aliphatic hydroxyl groups is 1. The zero-order valence-corrected chi connectivity index (χ0v) is 14.2. The molecule has 7 heteroatoms. The standard InChI is InChI=1S/C17H22N6O/c1-11-5-6-14(12(2)9-11)20-15-13-10-19-23(3)16(13)22-17(21-15)18-7-4-8-24/h5-6,9-10,24H,4,7-8H2,1-3H3,(H2,18,20,21,22). The van der Waals surface area contributed by atoms with Crippen molar-refractivity contribution in [1.29, 1.82) is 0 Å². The van der Waals surface area contributed by atoms with Gasteiger partial charge in [0.1, 0.15) is 5.82 Å². The molecule has 2 heterocycles. The third-order valence-electron chi connectivity index (χ3n) is 3.85. The summed E-state index contributed by atoms with van der Waals surface area (Å²) in [6, 6.07) is 6.25. The van der Waals surface area contributed by atoms with Gasteiger partial charge in [-0.25, -0.2) is 0 Å². The van der Waals surface area contributed by atoms with Gasteiger partial charge >= 0.3 is 0 Å². The molecule has 0 amide bonds. The van der Waals surface area contributed by atoms with Gasteiger partial charge in [-0.1, -0.05) is 17.7 Å². The second-order valence-corrected chi connectivity index (χ2v) is 5.85. The van der Waals surface area contributed by atoms with Crippen molar-refractivity contribution in [2.24, 2.45) is 7.05 Å². The number of anilines is 3. The van der Waals surface area contributed by atoms with E-state index < -0.39 is 0 Å². The number of hydrogen-bond acceptors (Lipinski definition) is 6. The summed E-state index contributed by atoms with van der Waals surface area (Å²) in [5.41, 5.74) is 4.13. The molecule has 24 heavy (non-hydrogen) atoms. The summed E-state index contributed by atoms with van der Waals surface area (Å²) < 4.78 is 1.72. The Morgan fingerprint density at radius 2 is 2.04 bits per heavy atom. The van der Waals surface area contributed by atoms with E-state index in [0.29, 0.717) is 24.7 Å². The number of hydrogen-bond donors (Lipinski definition) is 3. The van der Waals surface area contributed by atoms with Crippen LogP contribution in [0.25, 0.3) is 11.0 Å². The van der Waals surface area contributed by atoms with Crippen LogP contribution in [0.15, 0.2) is 24.4 Å². The fourth-order valence-corrected chi connectivity index (χ4v) is 2.56. The van der Waals surface area contributed by atoms with Gasteiger partial charge in [0, 0.05) is 25.9 Å². The molecule has 0 atom stereocenters. The largest absolute Gasteiger partial charge is 0.396 e. The Morgan fingerprint density at radius 3 is 2.79 bits per heavy atom. The number of rotatable bonds is 6. The van der Waals surface area contributed by atoms with Gasteiger partial charge in [0.25, 0.3) is 0 Å². The summed E-state index contributed by atoms with van der Waals surface area (Å²) in [6.45, 7) is 4.89. The summed E-state index contributed by atoms with van der Waals surface area (Å²) in [5.74, 6) is 1.23. The Morgan fingerprint density at radius 1 is 1.21 bits per heavy atom. The van der Waals surface area contributed by atoms with Crippen LogP contribution in [0.1, 0.15) is 17.5 Å². The normalized spacial score (nSPS) is 11.0. The number of aryl methyl sites for hydroxylation is 3. The van der Waals surface area contributed by atoms with Crippen molar-refractivity contribution in [3.63, 3.8) is 0 Å². The van der Waals surface area contributed by atoms with Crippen molar-refractivity contribution in [3.8, 4) is 0 Å². The first-order valence-electron chi connectivity index (χ1n) is 7.97. The van der Waals surface area contributed by atoms with Crippen LogP contribution in [-0.2, 0) is 7.05 Å². The second kappa shape index (κ2) is 6.84. The molecule has 0 fully saturated rings. The Kier molecular flexibility index (Phi) is 4.61. The van der Waals surface area contributed by atoms with Crippen LogP contribution in [0.5, 0.6) is 0 Å². The molecule has 0 spiro atoms. The molecular formula is C17H22N6O. The quantitative estimate of drug-likeness (QED) is 0.603. The first kappa shape index (κ1) is 16.2. The molecule has 0 unspecified atom stereocenters. The molecule has 0 bridgehead atoms. The summed E-state index contributed by atoms with van der Waals surface area (Å²) in [7, 11) is 1.85. The van der Waals surface area contributed by atoms with E-state index in [-0.39, 0.29) is 6.61 Å². The van der Waals surface area contributed by atoms with Gasteiger partial charge in [-0.3, -0.25) is 4.68 Å². The highest BCUT2D eigenvalue weighted by Gasteiger charge is 2.12. The predicted molar refractivity (Wildman–Crippen MR) is 95.7 cm³/mol. The molecule has 0 radical (unpaired) electrons. The highest BCUT2D eigenvalue weighted by Crippen LogP contribution is 2.26. The molecule has 2 aromatic heterocycles. The maximum Gasteiger partial charge on any atom is 0.226 e. The Hall–Kier alpha value is -2.67. The van der Waals surface area contributed by atoms with Crippen LogP contribution in [0.3, 0.4) is 0 Å². The molecule has 3 aromatic rings. The number of nitrogens with zero attached hydrogens (tertiary/aromatic N) is 4. The van der Waals surface area contributed by atoms with E-state index in [9.17, 15) is 0 Å². The average molecular weight is 326 g/mol. The molecule has 3 rings (SSSR count). The van der Waals surface area contributed by atoms with Crippen molar-refractivity contribution >= 4 is 28.5 Å². The topological polar surface area (TPSA) is 87.9 Å². The number of aromatic nitrogens is 4. The van der Waals surface area contributed by atoms with Crippen molar-refractivity contribution in [2.45, 2.75) is 20.3 Å². The van der Waals surface area contributed by atoms with E-state index in [1.807, 2.05) is 13.1 Å². The molecular weight excluding hydrogens is 304 g/mol. The Labute approximate surface area is 140 Å². The molecule has 0 saturated heterocycles. The molecule has 7 nitrogen and oxygen atoms in total. The van der Waals surface area contributed by atoms with Crippen LogP contribution >= 0.6 is 0 Å². The summed E-state index contributed by atoms with van der Waals surface area (Å²) in [6.07, 6.45) is 2.41. The lowest BCUT2D eigenvalue weighted by molar-refractivity contribution is 0.292. The van der Waals surface area contributed by atoms with Gasteiger partial charge in [-0.05, 0) is 31.9 Å². The van der Waals surface area contributed by atoms with Gasteiger partial charge < -0.3 is 15.7 Å². The molecule has 0 aliphatic heterocycles. The minimum absolute atomic E-state index is 0.134. The smallest absolute Gasteiger partial charge is 0.226 e. The van der Waals surface area contributed by atoms with Gasteiger partial charge in [0.05, 0.1) is 11.6 Å². The van der Waals surface area contributed by atoms with E-state index in [1.165, 1.54) is 5.56 Å². The van der Waals surface area contributed by atoms with Crippen molar-refractivity contribution < 1.29 is 5.11 Å². The van der Waals surface area contributed by atoms with Gasteiger partial charge in [0.2, 0.25) is 5.95 Å². The molecule has 0 aliphatic rings. The third-order valence-corrected chi connectivity index (χ3v) is 3.85. The SMILES string of the molecule is Cc1ccc(Nc2nc(NCCCO)nc3c2cnn3C)c(C)c1. The molecule has 126 valence electrons. The maximum atomic E-state index is 8.92. The monoisotopic (exact) mass is 326 g/mol. The van der Waals surface area contributed by atoms with Crippen molar-refractivity contribution in [1.82, 2.24) is 19.7 Å². The Balaban J connectivity index is 1.98. The second-order valence-electron chi connectivity index (χ2n) is 5.85. The first-order chi connectivity index (χ1) is 11.6. The summed E-state index contributed by atoms with van der Waals surface area (Å²) in [4.78, 5) is 9.08. The lowest BCUT2D eigenvalue weighted by atomic mass is 10.1. The Bertz CT molecular complexity index is 858. The zero-order valence-electron chi connectivity index (χ0n) is 14.2. The van der Waals surface area contributed by atoms with E-state index in [0.717, 1.165) is 22.3 Å². The van der Waals surface area contributed by atoms with E-state index in [4.69, 9.17) is 5.11 Å². The minimum Gasteiger partial charge on any atom is -0.396 e. The summed E-state index contributed by atoms with van der Waals surface area (Å²) >= 11 is 0. The lowest BCUT2D eigenvalue weighted by Crippen LogP contribution is -2.09. The van der Waals surface area contributed by atoms with E-state index in [1.54, 1.807) is 10.9 Å². The summed E-state index contributed by atoms with van der Waals surface area (Å²) in [5, 5.41) is 20.6. The van der Waals surface area contributed by atoms with Crippen LogP contribution in [0.4, 0.5) is 17.5 Å². The number of fused-ring (bicyclic) bond motifs is 1. The van der Waals surface area contributed by atoms with E-state index in [2.05, 4.69) is 51.7 Å². The fraction of sp³-hybridized carbons (Fsp3) is 0.353. The number of benzene rings is 1. The molecule has 0 aliphatic carbocycles. The van der Waals surface area contributed by atoms with Crippen LogP contribution < -0.4 is 10.6 Å². The highest BCUT2D eigenvalue weighted by molar-refractivity contribution is 5.89. The van der Waals surface area contributed by atoms with Crippen LogP contribution in [-0.4, -0.2) is 38.0 Å². The van der Waals surface area contributed by atoms with Gasteiger partial charge in [-0.15, -0.1) is 0 Å². The minimum atomic E-state index is 0.134. The first-order valence-corrected chi connectivity index (χ1v) is 7.97. The van der Waals surface area contributed by atoms with Crippen LogP contribution in [0, 0.1) is 13.8 Å². The molecule has 0 saturated carbocycles. The molecule has 3 N–H and O–H groups in total. The van der Waals surface area contributed by atoms with Crippen molar-refractivity contribution in [3.05, 3.63) is 35.5 Å². The van der Waals surface area contributed by atoms with Gasteiger partial charge in [0.15, 0.2) is 5.65 Å². The van der Waals surface area contributed by atoms with Crippen molar-refractivity contribution in [2.75, 3.05) is 23.8 Å². The zero-order chi connectivity index (χ0) is 17.1. The van der Waals surface area contributed by atoms with Gasteiger partial charge in [-0.2, -0.15) is 15.1 Å². The van der Waals surface area contributed by atoms with E-state index >= 15 is 0 Å². The fourth-order valence-electron chi connectivity index (χ4n) is 2.56. The maximum absolute atomic E-state index is 8.92. The number of aliphatic hydroxyl groups excluding tert-OH is 1. The number of nitrogens with one attached hydrogen (secondary N) is 2. The predicted octanol–water partition coefficient (Wildman–Crippen LogP) is 2.52.